The van der Waals surface area contributed by atoms with Crippen LogP contribution in [0.25, 0.3) is 0 Å². The number of aliphatic hydroxyl groups is 1. The second-order valence-electron chi connectivity index (χ2n) is 6.33. The average molecular weight is 309 g/mol. The summed E-state index contributed by atoms with van der Waals surface area (Å²) in [6, 6.07) is -1.21. The Morgan fingerprint density at radius 2 is 1.90 bits per heavy atom. The van der Waals surface area contributed by atoms with Crippen molar-refractivity contribution in [3.05, 3.63) is 0 Å². The predicted octanol–water partition coefficient (Wildman–Crippen LogP) is 0.419. The molecule has 7 nitrogen and oxygen atoms in total. The molecule has 0 bridgehead atoms. The summed E-state index contributed by atoms with van der Waals surface area (Å²) in [5.41, 5.74) is -0.712. The summed E-state index contributed by atoms with van der Waals surface area (Å²) >= 11 is 0. The van der Waals surface area contributed by atoms with E-state index in [2.05, 4.69) is 5.32 Å². The number of carbonyl (C=O) groups is 2. The number of nitrogens with one attached hydrogen (secondary N) is 1. The Labute approximate surface area is 124 Å². The lowest BCUT2D eigenvalue weighted by Crippen LogP contribution is -2.47. The lowest BCUT2D eigenvalue weighted by Gasteiger charge is -2.26. The molecule has 0 aromatic rings. The minimum absolute atomic E-state index is 0.0117. The molecule has 0 aliphatic carbocycles. The summed E-state index contributed by atoms with van der Waals surface area (Å²) in [5, 5.41) is 11.3. The van der Waals surface area contributed by atoms with Crippen molar-refractivity contribution in [1.82, 2.24) is 5.32 Å². The van der Waals surface area contributed by atoms with E-state index in [9.17, 15) is 14.0 Å². The fourth-order valence-electron chi connectivity index (χ4n) is 1.18. The molecule has 0 unspecified atom stereocenters. The lowest BCUT2D eigenvalue weighted by molar-refractivity contribution is -0.902. The van der Waals surface area contributed by atoms with Crippen LogP contribution in [-0.4, -0.2) is 73.9 Å². The maximum atomic E-state index is 12.6. The van der Waals surface area contributed by atoms with Crippen LogP contribution in [0.15, 0.2) is 0 Å². The lowest BCUT2D eigenvalue weighted by atomic mass is 10.2. The molecule has 8 heteroatoms. The SMILES string of the molecule is CC(C)(C)OC(=O)N[C@@H](CO)C(=O)OCC[N+](C)(C)CF. The number of hydrogen-bond donors (Lipinski definition) is 2. The van der Waals surface area contributed by atoms with Gasteiger partial charge in [-0.25, -0.2) is 9.59 Å². The van der Waals surface area contributed by atoms with Gasteiger partial charge in [0.15, 0.2) is 6.04 Å². The van der Waals surface area contributed by atoms with E-state index in [1.54, 1.807) is 34.9 Å². The molecule has 0 aromatic carbocycles. The minimum atomic E-state index is -1.21. The van der Waals surface area contributed by atoms with Crippen LogP contribution in [0.2, 0.25) is 0 Å². The standard InChI is InChI=1S/C13H25FN2O5/c1-13(2,3)21-12(19)15-10(8-17)11(18)20-7-6-16(4,5)9-14/h10,17H,6-9H2,1-5H3/p+1/t10-/m0/s1. The monoisotopic (exact) mass is 309 g/mol. The number of esters is 1. The summed E-state index contributed by atoms with van der Waals surface area (Å²) in [5.74, 6) is -0.790. The van der Waals surface area contributed by atoms with Crippen molar-refractivity contribution >= 4 is 12.1 Å². The number of ether oxygens (including phenoxy) is 2. The van der Waals surface area contributed by atoms with E-state index >= 15 is 0 Å². The van der Waals surface area contributed by atoms with Gasteiger partial charge in [-0.2, -0.15) is 4.39 Å². The first-order chi connectivity index (χ1) is 9.50. The van der Waals surface area contributed by atoms with E-state index in [-0.39, 0.29) is 17.6 Å². The fraction of sp³-hybridized carbons (Fsp3) is 0.846. The Bertz CT molecular complexity index is 355. The van der Waals surface area contributed by atoms with Gasteiger partial charge >= 0.3 is 12.1 Å². The topological polar surface area (TPSA) is 84.9 Å². The minimum Gasteiger partial charge on any atom is -0.458 e. The second kappa shape index (κ2) is 8.14. The molecule has 0 heterocycles. The van der Waals surface area contributed by atoms with Gasteiger partial charge in [0, 0.05) is 0 Å². The summed E-state index contributed by atoms with van der Waals surface area (Å²) in [6.45, 7) is 4.10. The van der Waals surface area contributed by atoms with Gasteiger partial charge in [0.2, 0.25) is 6.80 Å². The zero-order valence-corrected chi connectivity index (χ0v) is 13.3. The zero-order valence-electron chi connectivity index (χ0n) is 13.3. The predicted molar refractivity (Wildman–Crippen MR) is 74.2 cm³/mol. The molecule has 0 aliphatic heterocycles. The van der Waals surface area contributed by atoms with E-state index in [1.165, 1.54) is 0 Å². The van der Waals surface area contributed by atoms with Crippen molar-refractivity contribution in [2.75, 3.05) is 40.7 Å². The number of nitrogens with zero attached hydrogens (tertiary/aromatic N) is 1. The van der Waals surface area contributed by atoms with Crippen molar-refractivity contribution in [3.8, 4) is 0 Å². The Morgan fingerprint density at radius 1 is 1.33 bits per heavy atom. The number of aliphatic hydroxyl groups excluding tert-OH is 1. The van der Waals surface area contributed by atoms with Crippen molar-refractivity contribution < 1.29 is 33.0 Å². The van der Waals surface area contributed by atoms with Crippen LogP contribution < -0.4 is 5.32 Å². The highest BCUT2D eigenvalue weighted by molar-refractivity contribution is 5.81. The highest BCUT2D eigenvalue weighted by Crippen LogP contribution is 2.07. The van der Waals surface area contributed by atoms with Crippen molar-refractivity contribution in [3.63, 3.8) is 0 Å². The van der Waals surface area contributed by atoms with Crippen molar-refractivity contribution in [2.24, 2.45) is 0 Å². The van der Waals surface area contributed by atoms with Gasteiger partial charge < -0.3 is 19.9 Å². The molecule has 124 valence electrons. The molecule has 2 N–H and O–H groups in total. The number of halogens is 1. The number of rotatable bonds is 7. The number of hydrogen-bond acceptors (Lipinski definition) is 5. The molecule has 21 heavy (non-hydrogen) atoms. The third-order valence-corrected chi connectivity index (χ3v) is 2.42. The highest BCUT2D eigenvalue weighted by atomic mass is 19.1. The van der Waals surface area contributed by atoms with Crippen LogP contribution in [0.4, 0.5) is 9.18 Å². The molecular formula is C13H26FN2O5+. The van der Waals surface area contributed by atoms with E-state index < -0.39 is 37.1 Å². The van der Waals surface area contributed by atoms with Gasteiger partial charge in [-0.05, 0) is 20.8 Å². The second-order valence-corrected chi connectivity index (χ2v) is 6.33. The molecule has 0 fully saturated rings. The summed E-state index contributed by atoms with van der Waals surface area (Å²) in [4.78, 5) is 23.2. The number of likely N-dealkylation sites (N-methyl/N-ethyl adjacent to an activating group) is 1. The smallest absolute Gasteiger partial charge is 0.408 e. The first kappa shape index (κ1) is 19.6. The van der Waals surface area contributed by atoms with Gasteiger partial charge in [-0.15, -0.1) is 0 Å². The van der Waals surface area contributed by atoms with Crippen LogP contribution in [0.3, 0.4) is 0 Å². The van der Waals surface area contributed by atoms with Crippen LogP contribution in [0, 0.1) is 0 Å². The van der Waals surface area contributed by atoms with Gasteiger partial charge in [-0.3, -0.25) is 4.48 Å². The van der Waals surface area contributed by atoms with E-state index in [0.717, 1.165) is 0 Å². The highest BCUT2D eigenvalue weighted by Gasteiger charge is 2.25. The van der Waals surface area contributed by atoms with E-state index in [1.807, 2.05) is 0 Å². The third kappa shape index (κ3) is 9.19. The Morgan fingerprint density at radius 3 is 2.33 bits per heavy atom. The van der Waals surface area contributed by atoms with Gasteiger partial charge in [-0.1, -0.05) is 0 Å². The van der Waals surface area contributed by atoms with Crippen LogP contribution >= 0.6 is 0 Å². The molecule has 0 aliphatic rings. The Balaban J connectivity index is 4.28. The third-order valence-electron chi connectivity index (χ3n) is 2.42. The summed E-state index contributed by atoms with van der Waals surface area (Å²) in [6.07, 6.45) is -0.821. The Hall–Kier alpha value is -1.41. The van der Waals surface area contributed by atoms with Gasteiger partial charge in [0.05, 0.1) is 20.7 Å². The molecule has 1 amide bonds. The molecule has 0 aromatic heterocycles. The van der Waals surface area contributed by atoms with Crippen molar-refractivity contribution in [1.29, 1.82) is 0 Å². The fourth-order valence-corrected chi connectivity index (χ4v) is 1.18. The normalized spacial score (nSPS) is 13.5. The van der Waals surface area contributed by atoms with E-state index in [0.29, 0.717) is 0 Å². The molecule has 0 saturated heterocycles. The summed E-state index contributed by atoms with van der Waals surface area (Å²) < 4.78 is 22.5. The van der Waals surface area contributed by atoms with Gasteiger partial charge in [0.1, 0.15) is 18.8 Å². The molecular weight excluding hydrogens is 283 g/mol. The number of alkyl halides is 1. The first-order valence-electron chi connectivity index (χ1n) is 6.66. The maximum absolute atomic E-state index is 12.6. The van der Waals surface area contributed by atoms with Crippen LogP contribution in [0.1, 0.15) is 20.8 Å². The number of alkyl carbamates (subject to hydrolysis) is 1. The molecule has 0 radical (unpaired) electrons. The number of amides is 1. The molecule has 1 atom stereocenters. The van der Waals surface area contributed by atoms with Crippen LogP contribution in [0.5, 0.6) is 0 Å². The zero-order chi connectivity index (χ0) is 16.7. The van der Waals surface area contributed by atoms with Crippen molar-refractivity contribution in [2.45, 2.75) is 32.4 Å². The first-order valence-corrected chi connectivity index (χ1v) is 6.66. The average Bonchev–Trinajstić information content (AvgIpc) is 2.33. The molecule has 0 rings (SSSR count). The Kier molecular flexibility index (Phi) is 7.59. The van der Waals surface area contributed by atoms with Gasteiger partial charge in [0.25, 0.3) is 0 Å². The molecule has 0 spiro atoms. The van der Waals surface area contributed by atoms with Crippen LogP contribution in [-0.2, 0) is 14.3 Å². The summed E-state index contributed by atoms with van der Waals surface area (Å²) in [7, 11) is 3.30. The molecule has 0 saturated carbocycles. The number of quaternary nitrogens is 1. The maximum Gasteiger partial charge on any atom is 0.408 e. The quantitative estimate of drug-likeness (QED) is 0.404. The largest absolute Gasteiger partial charge is 0.458 e. The van der Waals surface area contributed by atoms with E-state index in [4.69, 9.17) is 14.6 Å². The number of carbonyl (C=O) groups excluding carboxylic acids is 2.